The van der Waals surface area contributed by atoms with Gasteiger partial charge in [0.15, 0.2) is 0 Å². The maximum absolute atomic E-state index is 12.1. The third-order valence-corrected chi connectivity index (χ3v) is 3.51. The van der Waals surface area contributed by atoms with Crippen LogP contribution in [0.2, 0.25) is 0 Å². The van der Waals surface area contributed by atoms with E-state index in [4.69, 9.17) is 4.84 Å². The lowest BCUT2D eigenvalue weighted by atomic mass is 10.1. The fourth-order valence-corrected chi connectivity index (χ4v) is 2.21. The highest BCUT2D eigenvalue weighted by atomic mass is 16.7. The van der Waals surface area contributed by atoms with Crippen molar-refractivity contribution in [3.8, 4) is 0 Å². The van der Waals surface area contributed by atoms with Crippen molar-refractivity contribution in [3.05, 3.63) is 0 Å². The quantitative estimate of drug-likeness (QED) is 0.307. The molecule has 0 saturated carbocycles. The molecular weight excluding hydrogens is 312 g/mol. The van der Waals surface area contributed by atoms with Crippen LogP contribution < -0.4 is 0 Å². The third-order valence-electron chi connectivity index (χ3n) is 3.51. The summed E-state index contributed by atoms with van der Waals surface area (Å²) in [6.07, 6.45) is 6.69. The Morgan fingerprint density at radius 2 is 1.42 bits per heavy atom. The summed E-state index contributed by atoms with van der Waals surface area (Å²) in [7, 11) is 5.42. The number of amides is 1. The van der Waals surface area contributed by atoms with E-state index in [-0.39, 0.29) is 18.9 Å². The molecule has 0 radical (unpaired) electrons. The largest absolute Gasteiger partial charge is 0.469 e. The van der Waals surface area contributed by atoms with Crippen LogP contribution in [0.15, 0.2) is 0 Å². The number of esters is 1. The number of hydrogen-bond acceptors (Lipinski definition) is 6. The van der Waals surface area contributed by atoms with Crippen molar-refractivity contribution in [2.75, 3.05) is 34.3 Å². The van der Waals surface area contributed by atoms with E-state index in [0.29, 0.717) is 6.42 Å². The number of nitrogens with zero attached hydrogens (tertiary/aromatic N) is 2. The Hall–Kier alpha value is -1.63. The SMILES string of the molecule is COC(=O)CCN(OC(C)=O)C(=O)CCCCCCCCN(C)C. The molecule has 0 aliphatic rings. The van der Waals surface area contributed by atoms with Gasteiger partial charge in [0.2, 0.25) is 0 Å². The van der Waals surface area contributed by atoms with Crippen molar-refractivity contribution in [1.29, 1.82) is 0 Å². The second-order valence-corrected chi connectivity index (χ2v) is 6.08. The number of rotatable bonds is 12. The molecule has 1 amide bonds. The van der Waals surface area contributed by atoms with Gasteiger partial charge in [-0.15, -0.1) is 0 Å². The molecule has 0 saturated heterocycles. The zero-order valence-corrected chi connectivity index (χ0v) is 15.5. The van der Waals surface area contributed by atoms with E-state index in [0.717, 1.165) is 37.3 Å². The second-order valence-electron chi connectivity index (χ2n) is 6.08. The molecule has 7 heteroatoms. The first-order valence-electron chi connectivity index (χ1n) is 8.57. The van der Waals surface area contributed by atoms with Crippen LogP contribution >= 0.6 is 0 Å². The van der Waals surface area contributed by atoms with Gasteiger partial charge in [-0.1, -0.05) is 25.7 Å². The highest BCUT2D eigenvalue weighted by Gasteiger charge is 2.18. The summed E-state index contributed by atoms with van der Waals surface area (Å²) >= 11 is 0. The van der Waals surface area contributed by atoms with Crippen LogP contribution in [0.5, 0.6) is 0 Å². The maximum Gasteiger partial charge on any atom is 0.329 e. The lowest BCUT2D eigenvalue weighted by Gasteiger charge is -2.19. The summed E-state index contributed by atoms with van der Waals surface area (Å²) in [5, 5.41) is 0.969. The first-order chi connectivity index (χ1) is 11.4. The predicted molar refractivity (Wildman–Crippen MR) is 91.0 cm³/mol. The number of unbranched alkanes of at least 4 members (excludes halogenated alkanes) is 5. The molecule has 24 heavy (non-hydrogen) atoms. The van der Waals surface area contributed by atoms with Crippen molar-refractivity contribution >= 4 is 17.8 Å². The molecule has 0 aromatic heterocycles. The van der Waals surface area contributed by atoms with Crippen molar-refractivity contribution in [2.45, 2.75) is 58.3 Å². The van der Waals surface area contributed by atoms with Crippen molar-refractivity contribution < 1.29 is 24.0 Å². The second kappa shape index (κ2) is 13.8. The van der Waals surface area contributed by atoms with Gasteiger partial charge in [-0.2, -0.15) is 5.06 Å². The molecule has 0 spiro atoms. The minimum absolute atomic E-state index is 0.00138. The lowest BCUT2D eigenvalue weighted by molar-refractivity contribution is -0.197. The molecule has 7 nitrogen and oxygen atoms in total. The molecule has 0 aliphatic carbocycles. The fraction of sp³-hybridized carbons (Fsp3) is 0.824. The van der Waals surface area contributed by atoms with Gasteiger partial charge in [-0.25, -0.2) is 0 Å². The first-order valence-corrected chi connectivity index (χ1v) is 8.57. The molecule has 0 aromatic rings. The highest BCUT2D eigenvalue weighted by molar-refractivity contribution is 5.78. The minimum atomic E-state index is -0.575. The van der Waals surface area contributed by atoms with Crippen LogP contribution in [0, 0.1) is 0 Å². The molecule has 0 aliphatic heterocycles. The maximum atomic E-state index is 12.1. The minimum Gasteiger partial charge on any atom is -0.469 e. The summed E-state index contributed by atoms with van der Waals surface area (Å²) in [6.45, 7) is 2.36. The molecule has 0 atom stereocenters. The number of carbonyl (C=O) groups excluding carboxylic acids is 3. The Morgan fingerprint density at radius 1 is 0.833 bits per heavy atom. The fourth-order valence-electron chi connectivity index (χ4n) is 2.21. The summed E-state index contributed by atoms with van der Waals surface area (Å²) in [5.41, 5.74) is 0. The van der Waals surface area contributed by atoms with Gasteiger partial charge >= 0.3 is 11.9 Å². The van der Waals surface area contributed by atoms with Crippen LogP contribution in [0.25, 0.3) is 0 Å². The number of methoxy groups -OCH3 is 1. The smallest absolute Gasteiger partial charge is 0.329 e. The Bertz CT molecular complexity index is 385. The van der Waals surface area contributed by atoms with Crippen molar-refractivity contribution in [3.63, 3.8) is 0 Å². The molecule has 0 unspecified atom stereocenters. The number of hydrogen-bond donors (Lipinski definition) is 0. The van der Waals surface area contributed by atoms with Crippen LogP contribution in [0.1, 0.15) is 58.3 Å². The van der Waals surface area contributed by atoms with E-state index >= 15 is 0 Å². The molecule has 0 rings (SSSR count). The van der Waals surface area contributed by atoms with Crippen molar-refractivity contribution in [1.82, 2.24) is 9.96 Å². The van der Waals surface area contributed by atoms with Crippen LogP contribution in [-0.2, 0) is 24.0 Å². The van der Waals surface area contributed by atoms with Crippen LogP contribution in [0.4, 0.5) is 0 Å². The molecule has 0 fully saturated rings. The molecule has 0 aromatic carbocycles. The number of carbonyl (C=O) groups is 3. The summed E-state index contributed by atoms with van der Waals surface area (Å²) in [6, 6.07) is 0. The average Bonchev–Trinajstić information content (AvgIpc) is 2.52. The van der Waals surface area contributed by atoms with Crippen LogP contribution in [-0.4, -0.2) is 62.1 Å². The van der Waals surface area contributed by atoms with Gasteiger partial charge in [0, 0.05) is 13.3 Å². The van der Waals surface area contributed by atoms with Crippen molar-refractivity contribution in [2.24, 2.45) is 0 Å². The van der Waals surface area contributed by atoms with E-state index in [1.165, 1.54) is 26.9 Å². The number of hydroxylamine groups is 2. The van der Waals surface area contributed by atoms with E-state index < -0.39 is 11.9 Å². The van der Waals surface area contributed by atoms with Gasteiger partial charge in [0.05, 0.1) is 20.1 Å². The Kier molecular flexibility index (Phi) is 12.8. The van der Waals surface area contributed by atoms with Gasteiger partial charge < -0.3 is 14.5 Å². The molecule has 0 bridgehead atoms. The van der Waals surface area contributed by atoms with Gasteiger partial charge in [0.1, 0.15) is 0 Å². The molecule has 140 valence electrons. The molecular formula is C17H32N2O5. The predicted octanol–water partition coefficient (Wildman–Crippen LogP) is 2.15. The Balaban J connectivity index is 3.92. The van der Waals surface area contributed by atoms with Gasteiger partial charge in [-0.3, -0.25) is 14.4 Å². The summed E-state index contributed by atoms with van der Waals surface area (Å²) < 4.78 is 4.52. The molecule has 0 heterocycles. The molecule has 0 N–H and O–H groups in total. The van der Waals surface area contributed by atoms with E-state index in [2.05, 4.69) is 23.7 Å². The van der Waals surface area contributed by atoms with Gasteiger partial charge in [0.25, 0.3) is 5.91 Å². The zero-order chi connectivity index (χ0) is 18.4. The van der Waals surface area contributed by atoms with Gasteiger partial charge in [-0.05, 0) is 33.5 Å². The summed E-state index contributed by atoms with van der Waals surface area (Å²) in [5.74, 6) is -1.30. The monoisotopic (exact) mass is 344 g/mol. The first kappa shape index (κ1) is 22.4. The average molecular weight is 344 g/mol. The Labute approximate surface area is 145 Å². The third kappa shape index (κ3) is 12.9. The van der Waals surface area contributed by atoms with Crippen LogP contribution in [0.3, 0.4) is 0 Å². The van der Waals surface area contributed by atoms with E-state index in [9.17, 15) is 14.4 Å². The standard InChI is InChI=1S/C17H32N2O5/c1-15(20)24-19(14-12-17(22)23-4)16(21)11-9-7-5-6-8-10-13-18(2)3/h5-14H2,1-4H3. The highest BCUT2D eigenvalue weighted by Crippen LogP contribution is 2.09. The topological polar surface area (TPSA) is 76.1 Å². The normalized spacial score (nSPS) is 10.5. The number of ether oxygens (including phenoxy) is 1. The lowest BCUT2D eigenvalue weighted by Crippen LogP contribution is -2.34. The summed E-state index contributed by atoms with van der Waals surface area (Å²) in [4.78, 5) is 41.3. The van der Waals surface area contributed by atoms with E-state index in [1.807, 2.05) is 0 Å². The van der Waals surface area contributed by atoms with E-state index in [1.54, 1.807) is 0 Å². The Morgan fingerprint density at radius 3 is 1.96 bits per heavy atom. The zero-order valence-electron chi connectivity index (χ0n) is 15.5.